The van der Waals surface area contributed by atoms with E-state index >= 15 is 0 Å². The molecule has 0 spiro atoms. The minimum Gasteiger partial charge on any atom is -0.354 e. The first kappa shape index (κ1) is 27.1. The number of nitrogens with zero attached hydrogens (tertiary/aromatic N) is 1. The van der Waals surface area contributed by atoms with Crippen LogP contribution in [0.15, 0.2) is 71.6 Å². The lowest BCUT2D eigenvalue weighted by atomic mass is 10.1. The second-order valence-electron chi connectivity index (χ2n) is 8.44. The van der Waals surface area contributed by atoms with Gasteiger partial charge in [0.05, 0.1) is 10.6 Å². The molecule has 0 aliphatic carbocycles. The van der Waals surface area contributed by atoms with Crippen LogP contribution in [0, 0.1) is 20.8 Å². The van der Waals surface area contributed by atoms with Crippen molar-refractivity contribution in [2.24, 2.45) is 0 Å². The van der Waals surface area contributed by atoms with Gasteiger partial charge >= 0.3 is 0 Å². The largest absolute Gasteiger partial charge is 0.354 e. The Balaban J connectivity index is 1.64. The molecular formula is C27H31ClN2O3S2. The molecule has 186 valence electrons. The van der Waals surface area contributed by atoms with Crippen LogP contribution in [0.3, 0.4) is 0 Å². The maximum absolute atomic E-state index is 13.5. The number of hydrogen-bond acceptors (Lipinski definition) is 4. The highest BCUT2D eigenvalue weighted by Gasteiger charge is 2.28. The van der Waals surface area contributed by atoms with Crippen molar-refractivity contribution in [3.8, 4) is 0 Å². The van der Waals surface area contributed by atoms with Crippen LogP contribution in [0.5, 0.6) is 0 Å². The van der Waals surface area contributed by atoms with Gasteiger partial charge in [0.1, 0.15) is 6.54 Å². The summed E-state index contributed by atoms with van der Waals surface area (Å²) in [5.74, 6) is 1.47. The maximum Gasteiger partial charge on any atom is 0.264 e. The molecule has 0 fully saturated rings. The molecule has 0 radical (unpaired) electrons. The summed E-state index contributed by atoms with van der Waals surface area (Å²) in [5.41, 5.74) is 4.65. The van der Waals surface area contributed by atoms with Crippen molar-refractivity contribution in [2.75, 3.05) is 23.1 Å². The lowest BCUT2D eigenvalue weighted by Gasteiger charge is -2.26. The van der Waals surface area contributed by atoms with E-state index in [0.29, 0.717) is 22.8 Å². The zero-order valence-electron chi connectivity index (χ0n) is 20.3. The van der Waals surface area contributed by atoms with Gasteiger partial charge in [0.25, 0.3) is 10.0 Å². The lowest BCUT2D eigenvalue weighted by molar-refractivity contribution is -0.119. The molecule has 0 aromatic heterocycles. The Morgan fingerprint density at radius 1 is 0.971 bits per heavy atom. The molecule has 0 unspecified atom stereocenters. The number of sulfonamides is 1. The molecule has 0 heterocycles. The average Bonchev–Trinajstić information content (AvgIpc) is 2.82. The maximum atomic E-state index is 13.5. The third kappa shape index (κ3) is 7.50. The van der Waals surface area contributed by atoms with Gasteiger partial charge in [0, 0.05) is 17.3 Å². The van der Waals surface area contributed by atoms with Gasteiger partial charge < -0.3 is 5.32 Å². The van der Waals surface area contributed by atoms with E-state index < -0.39 is 10.0 Å². The second kappa shape index (κ2) is 12.5. The van der Waals surface area contributed by atoms with Gasteiger partial charge in [-0.1, -0.05) is 59.6 Å². The molecule has 1 amide bonds. The third-order valence-electron chi connectivity index (χ3n) is 5.64. The SMILES string of the molecule is Cc1ccc(S(=O)(=O)N(CC(=O)NCCCSCc2ccccc2C)c2cc(Cl)ccc2C)cc1. The minimum absolute atomic E-state index is 0.128. The van der Waals surface area contributed by atoms with Crippen molar-refractivity contribution in [3.63, 3.8) is 0 Å². The number of carbonyl (C=O) groups is 1. The van der Waals surface area contributed by atoms with Gasteiger partial charge in [-0.3, -0.25) is 9.10 Å². The predicted molar refractivity (Wildman–Crippen MR) is 147 cm³/mol. The van der Waals surface area contributed by atoms with Crippen LogP contribution in [0.2, 0.25) is 5.02 Å². The summed E-state index contributed by atoms with van der Waals surface area (Å²) in [4.78, 5) is 12.9. The second-order valence-corrected chi connectivity index (χ2v) is 11.8. The van der Waals surface area contributed by atoms with Gasteiger partial charge in [0.2, 0.25) is 5.91 Å². The summed E-state index contributed by atoms with van der Waals surface area (Å²) in [6.07, 6.45) is 0.795. The smallest absolute Gasteiger partial charge is 0.264 e. The van der Waals surface area contributed by atoms with Crippen LogP contribution in [-0.4, -0.2) is 33.2 Å². The van der Waals surface area contributed by atoms with Crippen molar-refractivity contribution in [3.05, 3.63) is 94.0 Å². The molecule has 3 aromatic carbocycles. The van der Waals surface area contributed by atoms with E-state index in [9.17, 15) is 13.2 Å². The molecule has 3 rings (SSSR count). The van der Waals surface area contributed by atoms with Gasteiger partial charge in [-0.05, 0) is 73.9 Å². The molecule has 35 heavy (non-hydrogen) atoms. The number of amides is 1. The number of nitrogens with one attached hydrogen (secondary N) is 1. The van der Waals surface area contributed by atoms with Gasteiger partial charge in [0.15, 0.2) is 0 Å². The van der Waals surface area contributed by atoms with Crippen LogP contribution >= 0.6 is 23.4 Å². The zero-order valence-corrected chi connectivity index (χ0v) is 22.6. The molecule has 0 saturated heterocycles. The van der Waals surface area contributed by atoms with Crippen LogP contribution < -0.4 is 9.62 Å². The molecule has 0 aliphatic rings. The first-order chi connectivity index (χ1) is 16.7. The Morgan fingerprint density at radius 3 is 2.40 bits per heavy atom. The number of thioether (sulfide) groups is 1. The molecule has 8 heteroatoms. The Hall–Kier alpha value is -2.48. The van der Waals surface area contributed by atoms with Crippen LogP contribution in [-0.2, 0) is 20.6 Å². The van der Waals surface area contributed by atoms with Gasteiger partial charge in [-0.15, -0.1) is 0 Å². The summed E-state index contributed by atoms with van der Waals surface area (Å²) in [5, 5.41) is 3.27. The van der Waals surface area contributed by atoms with Crippen molar-refractivity contribution in [1.29, 1.82) is 0 Å². The van der Waals surface area contributed by atoms with E-state index in [1.165, 1.54) is 11.1 Å². The minimum atomic E-state index is -3.97. The quantitative estimate of drug-likeness (QED) is 0.313. The van der Waals surface area contributed by atoms with Crippen molar-refractivity contribution < 1.29 is 13.2 Å². The molecule has 3 aromatic rings. The number of hydrogen-bond donors (Lipinski definition) is 1. The van der Waals surface area contributed by atoms with E-state index in [0.717, 1.165) is 27.8 Å². The summed E-state index contributed by atoms with van der Waals surface area (Å²) >= 11 is 7.99. The summed E-state index contributed by atoms with van der Waals surface area (Å²) in [6.45, 7) is 5.95. The molecule has 1 N–H and O–H groups in total. The topological polar surface area (TPSA) is 66.5 Å². The van der Waals surface area contributed by atoms with Gasteiger partial charge in [-0.25, -0.2) is 8.42 Å². The van der Waals surface area contributed by atoms with Crippen molar-refractivity contribution >= 4 is 45.0 Å². The number of rotatable bonds is 11. The Bertz CT molecular complexity index is 1260. The van der Waals surface area contributed by atoms with E-state index in [2.05, 4.69) is 24.4 Å². The normalized spacial score (nSPS) is 11.3. The molecule has 0 bridgehead atoms. The number of carbonyl (C=O) groups excluding carboxylic acids is 1. The molecule has 0 aliphatic heterocycles. The monoisotopic (exact) mass is 530 g/mol. The van der Waals surface area contributed by atoms with Crippen molar-refractivity contribution in [2.45, 2.75) is 37.8 Å². The fourth-order valence-corrected chi connectivity index (χ4v) is 6.21. The van der Waals surface area contributed by atoms with Gasteiger partial charge in [-0.2, -0.15) is 11.8 Å². The Labute approximate surface area is 217 Å². The van der Waals surface area contributed by atoms with E-state index in [1.54, 1.807) is 49.4 Å². The molecule has 5 nitrogen and oxygen atoms in total. The highest BCUT2D eigenvalue weighted by molar-refractivity contribution is 7.98. The summed E-state index contributed by atoms with van der Waals surface area (Å²) in [6, 6.07) is 19.9. The van der Waals surface area contributed by atoms with Crippen LogP contribution in [0.4, 0.5) is 5.69 Å². The number of anilines is 1. The number of halogens is 1. The first-order valence-electron chi connectivity index (χ1n) is 11.4. The molecule has 0 atom stereocenters. The highest BCUT2D eigenvalue weighted by Crippen LogP contribution is 2.29. The average molecular weight is 531 g/mol. The van der Waals surface area contributed by atoms with Crippen molar-refractivity contribution in [1.82, 2.24) is 5.32 Å². The zero-order chi connectivity index (χ0) is 25.4. The molecule has 0 saturated carbocycles. The lowest BCUT2D eigenvalue weighted by Crippen LogP contribution is -2.41. The first-order valence-corrected chi connectivity index (χ1v) is 14.4. The van der Waals surface area contributed by atoms with E-state index in [4.69, 9.17) is 11.6 Å². The molecular weight excluding hydrogens is 500 g/mol. The van der Waals surface area contributed by atoms with Crippen LogP contribution in [0.1, 0.15) is 28.7 Å². The summed E-state index contributed by atoms with van der Waals surface area (Å²) in [7, 11) is -3.97. The Morgan fingerprint density at radius 2 is 1.69 bits per heavy atom. The fraction of sp³-hybridized carbons (Fsp3) is 0.296. The third-order valence-corrected chi connectivity index (χ3v) is 8.74. The van der Waals surface area contributed by atoms with Crippen LogP contribution in [0.25, 0.3) is 0 Å². The number of benzene rings is 3. The standard InChI is InChI=1S/C27H31ClN2O3S2/c1-20-9-13-25(14-10-20)35(32,33)30(26-17-24(28)12-11-22(26)3)18-27(31)29-15-6-16-34-19-23-8-5-4-7-21(23)2/h4-5,7-14,17H,6,15-16,18-19H2,1-3H3,(H,29,31). The Kier molecular flexibility index (Phi) is 9.66. The predicted octanol–water partition coefficient (Wildman–Crippen LogP) is 5.90. The summed E-state index contributed by atoms with van der Waals surface area (Å²) < 4.78 is 28.2. The van der Waals surface area contributed by atoms with E-state index in [1.807, 2.05) is 30.8 Å². The number of aryl methyl sites for hydroxylation is 3. The van der Waals surface area contributed by atoms with E-state index in [-0.39, 0.29) is 17.3 Å². The fourth-order valence-electron chi connectivity index (χ4n) is 3.53. The highest BCUT2D eigenvalue weighted by atomic mass is 35.5.